The summed E-state index contributed by atoms with van der Waals surface area (Å²) in [5, 5.41) is 0. The fourth-order valence-electron chi connectivity index (χ4n) is 2.20. The van der Waals surface area contributed by atoms with Gasteiger partial charge in [-0.05, 0) is 16.5 Å². The fourth-order valence-corrected chi connectivity index (χ4v) is 2.20. The summed E-state index contributed by atoms with van der Waals surface area (Å²) < 4.78 is 16.6. The van der Waals surface area contributed by atoms with Crippen LogP contribution in [-0.2, 0) is 19.6 Å². The molecule has 3 atom stereocenters. The first kappa shape index (κ1) is 13.1. The van der Waals surface area contributed by atoms with Crippen molar-refractivity contribution in [2.75, 3.05) is 19.8 Å². The van der Waals surface area contributed by atoms with Gasteiger partial charge in [0.2, 0.25) is 0 Å². The van der Waals surface area contributed by atoms with Gasteiger partial charge in [0.1, 0.15) is 18.3 Å². The third-order valence-corrected chi connectivity index (χ3v) is 3.67. The molecule has 1 aromatic rings. The van der Waals surface area contributed by atoms with Crippen LogP contribution in [0.15, 0.2) is 24.3 Å². The van der Waals surface area contributed by atoms with Crippen molar-refractivity contribution < 1.29 is 14.2 Å². The largest absolute Gasteiger partial charge is 0.371 e. The van der Waals surface area contributed by atoms with E-state index in [4.69, 9.17) is 14.2 Å². The Bertz CT molecular complexity index is 424. The summed E-state index contributed by atoms with van der Waals surface area (Å²) in [4.78, 5) is 0. The molecule has 2 saturated heterocycles. The molecule has 0 amide bonds. The number of benzene rings is 1. The van der Waals surface area contributed by atoms with Crippen LogP contribution in [0.2, 0.25) is 0 Å². The Morgan fingerprint density at radius 1 is 1.16 bits per heavy atom. The predicted molar refractivity (Wildman–Crippen MR) is 73.3 cm³/mol. The molecule has 3 nitrogen and oxygen atoms in total. The van der Waals surface area contributed by atoms with Crippen LogP contribution in [0.5, 0.6) is 0 Å². The van der Waals surface area contributed by atoms with Crippen LogP contribution in [0.4, 0.5) is 0 Å². The quantitative estimate of drug-likeness (QED) is 0.765. The van der Waals surface area contributed by atoms with Crippen molar-refractivity contribution in [1.82, 2.24) is 0 Å². The maximum Gasteiger partial charge on any atom is 0.111 e. The fraction of sp³-hybridized carbons (Fsp3) is 0.625. The molecule has 0 aromatic heterocycles. The first-order valence-electron chi connectivity index (χ1n) is 6.99. The highest BCUT2D eigenvalue weighted by atomic mass is 16.6. The lowest BCUT2D eigenvalue weighted by atomic mass is 9.86. The Hall–Kier alpha value is -0.900. The summed E-state index contributed by atoms with van der Waals surface area (Å²) in [6.45, 7) is 8.99. The molecule has 2 fully saturated rings. The summed E-state index contributed by atoms with van der Waals surface area (Å²) in [5.74, 6) is 0. The second-order valence-electron chi connectivity index (χ2n) is 6.45. The van der Waals surface area contributed by atoms with Crippen molar-refractivity contribution >= 4 is 0 Å². The molecule has 2 aliphatic rings. The summed E-state index contributed by atoms with van der Waals surface area (Å²) in [5.41, 5.74) is 2.74. The molecule has 104 valence electrons. The average molecular weight is 262 g/mol. The molecule has 19 heavy (non-hydrogen) atoms. The van der Waals surface area contributed by atoms with E-state index in [0.29, 0.717) is 12.7 Å². The molecule has 0 spiro atoms. The van der Waals surface area contributed by atoms with Crippen molar-refractivity contribution in [3.63, 3.8) is 0 Å². The molecule has 0 saturated carbocycles. The first-order valence-corrected chi connectivity index (χ1v) is 6.99. The molecule has 3 heteroatoms. The molecule has 0 radical (unpaired) electrons. The van der Waals surface area contributed by atoms with E-state index < -0.39 is 0 Å². The smallest absolute Gasteiger partial charge is 0.111 e. The second kappa shape index (κ2) is 4.89. The van der Waals surface area contributed by atoms with E-state index in [1.54, 1.807) is 0 Å². The van der Waals surface area contributed by atoms with Gasteiger partial charge < -0.3 is 14.2 Å². The molecular formula is C16H22O3. The van der Waals surface area contributed by atoms with Gasteiger partial charge in [-0.25, -0.2) is 0 Å². The van der Waals surface area contributed by atoms with Gasteiger partial charge in [0.05, 0.1) is 19.8 Å². The van der Waals surface area contributed by atoms with Gasteiger partial charge in [-0.1, -0.05) is 45.0 Å². The van der Waals surface area contributed by atoms with E-state index in [1.165, 1.54) is 11.1 Å². The van der Waals surface area contributed by atoms with Gasteiger partial charge in [-0.15, -0.1) is 0 Å². The van der Waals surface area contributed by atoms with Gasteiger partial charge >= 0.3 is 0 Å². The van der Waals surface area contributed by atoms with Gasteiger partial charge in [0.25, 0.3) is 0 Å². The van der Waals surface area contributed by atoms with Crippen molar-refractivity contribution in [2.24, 2.45) is 0 Å². The standard InChI is InChI=1S/C16H22O3/c1-16(2,3)12-6-4-11(5-7-12)15(14-10-18-14)19-9-13-8-17-13/h4-7,13-15H,8-10H2,1-3H3. The Morgan fingerprint density at radius 2 is 1.79 bits per heavy atom. The minimum atomic E-state index is 0.0539. The Morgan fingerprint density at radius 3 is 2.26 bits per heavy atom. The average Bonchev–Trinajstić information content (AvgIpc) is 3.23. The molecule has 0 N–H and O–H groups in total. The third kappa shape index (κ3) is 3.35. The number of hydrogen-bond acceptors (Lipinski definition) is 3. The van der Waals surface area contributed by atoms with E-state index in [9.17, 15) is 0 Å². The third-order valence-electron chi connectivity index (χ3n) is 3.67. The van der Waals surface area contributed by atoms with Crippen molar-refractivity contribution in [2.45, 2.75) is 44.5 Å². The van der Waals surface area contributed by atoms with Crippen LogP contribution >= 0.6 is 0 Å². The summed E-state index contributed by atoms with van der Waals surface area (Å²) in [6.07, 6.45) is 0.576. The van der Waals surface area contributed by atoms with E-state index in [0.717, 1.165) is 13.2 Å². The molecule has 2 aliphatic heterocycles. The molecule has 0 aliphatic carbocycles. The number of hydrogen-bond donors (Lipinski definition) is 0. The highest BCUT2D eigenvalue weighted by Gasteiger charge is 2.36. The van der Waals surface area contributed by atoms with Gasteiger partial charge in [-0.2, -0.15) is 0 Å². The molecule has 2 heterocycles. The maximum absolute atomic E-state index is 5.95. The molecule has 1 aromatic carbocycles. The minimum Gasteiger partial charge on any atom is -0.371 e. The number of epoxide rings is 2. The summed E-state index contributed by atoms with van der Waals surface area (Å²) in [7, 11) is 0. The molecular weight excluding hydrogens is 240 g/mol. The predicted octanol–water partition coefficient (Wildman–Crippen LogP) is 2.84. The second-order valence-corrected chi connectivity index (χ2v) is 6.45. The highest BCUT2D eigenvalue weighted by molar-refractivity contribution is 5.29. The maximum atomic E-state index is 5.95. The lowest BCUT2D eigenvalue weighted by molar-refractivity contribution is 0.0233. The van der Waals surface area contributed by atoms with Crippen LogP contribution in [-0.4, -0.2) is 32.0 Å². The zero-order valence-corrected chi connectivity index (χ0v) is 11.9. The van der Waals surface area contributed by atoms with Crippen molar-refractivity contribution in [1.29, 1.82) is 0 Å². The van der Waals surface area contributed by atoms with Crippen molar-refractivity contribution in [3.8, 4) is 0 Å². The number of ether oxygens (including phenoxy) is 3. The zero-order valence-electron chi connectivity index (χ0n) is 11.9. The van der Waals surface area contributed by atoms with Crippen LogP contribution in [0.1, 0.15) is 38.0 Å². The van der Waals surface area contributed by atoms with Gasteiger partial charge in [0.15, 0.2) is 0 Å². The first-order chi connectivity index (χ1) is 9.04. The highest BCUT2D eigenvalue weighted by Crippen LogP contribution is 2.33. The molecule has 3 rings (SSSR count). The van der Waals surface area contributed by atoms with Crippen LogP contribution in [0.25, 0.3) is 0 Å². The van der Waals surface area contributed by atoms with Gasteiger partial charge in [0, 0.05) is 0 Å². The van der Waals surface area contributed by atoms with Crippen LogP contribution < -0.4 is 0 Å². The minimum absolute atomic E-state index is 0.0539. The lowest BCUT2D eigenvalue weighted by Crippen LogP contribution is -2.15. The topological polar surface area (TPSA) is 34.3 Å². The van der Waals surface area contributed by atoms with Gasteiger partial charge in [-0.3, -0.25) is 0 Å². The normalized spacial score (nSPS) is 27.1. The lowest BCUT2D eigenvalue weighted by Gasteiger charge is -2.21. The van der Waals surface area contributed by atoms with E-state index >= 15 is 0 Å². The summed E-state index contributed by atoms with van der Waals surface area (Å²) in [6, 6.07) is 8.73. The number of rotatable bonds is 5. The van der Waals surface area contributed by atoms with Crippen molar-refractivity contribution in [3.05, 3.63) is 35.4 Å². The molecule has 0 bridgehead atoms. The van der Waals surface area contributed by atoms with E-state index in [2.05, 4.69) is 45.0 Å². The zero-order chi connectivity index (χ0) is 13.5. The Kier molecular flexibility index (Phi) is 3.37. The summed E-state index contributed by atoms with van der Waals surface area (Å²) >= 11 is 0. The van der Waals surface area contributed by atoms with E-state index in [1.807, 2.05) is 0 Å². The SMILES string of the molecule is CC(C)(C)c1ccc(C(OCC2CO2)C2CO2)cc1. The Labute approximate surface area is 114 Å². The Balaban J connectivity index is 1.70. The molecule has 3 unspecified atom stereocenters. The van der Waals surface area contributed by atoms with E-state index in [-0.39, 0.29) is 17.6 Å². The van der Waals surface area contributed by atoms with Crippen LogP contribution in [0.3, 0.4) is 0 Å². The van der Waals surface area contributed by atoms with Crippen LogP contribution in [0, 0.1) is 0 Å². The monoisotopic (exact) mass is 262 g/mol.